The van der Waals surface area contributed by atoms with Crippen molar-refractivity contribution in [3.8, 4) is 0 Å². The summed E-state index contributed by atoms with van der Waals surface area (Å²) in [5.74, 6) is -0.711. The molecule has 144 valence electrons. The van der Waals surface area contributed by atoms with Gasteiger partial charge in [0.1, 0.15) is 5.82 Å². The molecule has 7 heteroatoms. The second-order valence-electron chi connectivity index (χ2n) is 6.84. The van der Waals surface area contributed by atoms with Gasteiger partial charge in [0.15, 0.2) is 0 Å². The fourth-order valence-electron chi connectivity index (χ4n) is 3.20. The van der Waals surface area contributed by atoms with Crippen molar-refractivity contribution in [3.63, 3.8) is 0 Å². The predicted octanol–water partition coefficient (Wildman–Crippen LogP) is 3.41. The van der Waals surface area contributed by atoms with Crippen molar-refractivity contribution in [1.82, 2.24) is 9.62 Å². The fraction of sp³-hybridized carbons (Fsp3) is 0.350. The first-order chi connectivity index (χ1) is 12.8. The zero-order valence-electron chi connectivity index (χ0n) is 15.4. The van der Waals surface area contributed by atoms with Crippen molar-refractivity contribution in [2.75, 3.05) is 13.1 Å². The summed E-state index contributed by atoms with van der Waals surface area (Å²) in [5.41, 5.74) is 1.67. The molecule has 5 nitrogen and oxygen atoms in total. The maximum Gasteiger partial charge on any atom is 0.251 e. The largest absolute Gasteiger partial charge is 0.346 e. The normalized spacial score (nSPS) is 16.3. The van der Waals surface area contributed by atoms with Gasteiger partial charge in [0, 0.05) is 18.7 Å². The first-order valence-corrected chi connectivity index (χ1v) is 10.4. The Bertz CT molecular complexity index is 936. The monoisotopic (exact) mass is 390 g/mol. The molecule has 2 aromatic carbocycles. The third-order valence-electron chi connectivity index (χ3n) is 4.85. The molecule has 27 heavy (non-hydrogen) atoms. The number of sulfonamides is 1. The molecule has 0 saturated carbocycles. The highest BCUT2D eigenvalue weighted by atomic mass is 32.2. The number of hydrogen-bond donors (Lipinski definition) is 1. The van der Waals surface area contributed by atoms with E-state index in [9.17, 15) is 17.6 Å². The minimum absolute atomic E-state index is 0.173. The predicted molar refractivity (Wildman–Crippen MR) is 101 cm³/mol. The van der Waals surface area contributed by atoms with Gasteiger partial charge in [-0.3, -0.25) is 4.79 Å². The lowest BCUT2D eigenvalue weighted by molar-refractivity contribution is 0.0939. The maximum absolute atomic E-state index is 13.1. The third kappa shape index (κ3) is 4.20. The van der Waals surface area contributed by atoms with Crippen LogP contribution in [0.4, 0.5) is 4.39 Å². The Balaban J connectivity index is 1.82. The van der Waals surface area contributed by atoms with Crippen LogP contribution in [0.3, 0.4) is 0 Å². The summed E-state index contributed by atoms with van der Waals surface area (Å²) in [6.45, 7) is 4.55. The van der Waals surface area contributed by atoms with Crippen molar-refractivity contribution >= 4 is 15.9 Å². The maximum atomic E-state index is 13.1. The quantitative estimate of drug-likeness (QED) is 0.851. The molecule has 1 fully saturated rings. The minimum Gasteiger partial charge on any atom is -0.346 e. The van der Waals surface area contributed by atoms with Gasteiger partial charge in [-0.2, -0.15) is 4.31 Å². The Morgan fingerprint density at radius 1 is 1.11 bits per heavy atom. The van der Waals surface area contributed by atoms with E-state index in [0.717, 1.165) is 18.4 Å². The molecule has 1 unspecified atom stereocenters. The summed E-state index contributed by atoms with van der Waals surface area (Å²) in [6, 6.07) is 10.3. The van der Waals surface area contributed by atoms with Crippen molar-refractivity contribution in [1.29, 1.82) is 0 Å². The molecular weight excluding hydrogens is 367 g/mol. The van der Waals surface area contributed by atoms with Gasteiger partial charge < -0.3 is 5.32 Å². The Morgan fingerprint density at radius 3 is 2.37 bits per heavy atom. The SMILES string of the molecule is Cc1ccc(C(=O)NC(C)c2ccc(F)cc2)cc1S(=O)(=O)N1CCCC1. The van der Waals surface area contributed by atoms with Gasteiger partial charge in [0.2, 0.25) is 10.0 Å². The number of carbonyl (C=O) groups is 1. The lowest BCUT2D eigenvalue weighted by Crippen LogP contribution is -2.30. The van der Waals surface area contributed by atoms with E-state index in [4.69, 9.17) is 0 Å². The number of nitrogens with zero attached hydrogens (tertiary/aromatic N) is 1. The van der Waals surface area contributed by atoms with Crippen LogP contribution in [0.15, 0.2) is 47.4 Å². The molecular formula is C20H23FN2O3S. The fourth-order valence-corrected chi connectivity index (χ4v) is 4.97. The molecule has 0 aromatic heterocycles. The number of benzene rings is 2. The van der Waals surface area contributed by atoms with Crippen LogP contribution in [0.5, 0.6) is 0 Å². The number of carbonyl (C=O) groups excluding carboxylic acids is 1. The molecule has 1 aliphatic heterocycles. The van der Waals surface area contributed by atoms with Crippen molar-refractivity contribution in [2.24, 2.45) is 0 Å². The molecule has 0 radical (unpaired) electrons. The molecule has 1 atom stereocenters. The highest BCUT2D eigenvalue weighted by molar-refractivity contribution is 7.89. The van der Waals surface area contributed by atoms with Gasteiger partial charge in [0.25, 0.3) is 5.91 Å². The molecule has 0 bridgehead atoms. The third-order valence-corrected chi connectivity index (χ3v) is 6.89. The number of hydrogen-bond acceptors (Lipinski definition) is 3. The van der Waals surface area contributed by atoms with Gasteiger partial charge >= 0.3 is 0 Å². The summed E-state index contributed by atoms with van der Waals surface area (Å²) in [7, 11) is -3.60. The minimum atomic E-state index is -3.60. The highest BCUT2D eigenvalue weighted by Gasteiger charge is 2.29. The highest BCUT2D eigenvalue weighted by Crippen LogP contribution is 2.25. The van der Waals surface area contributed by atoms with Crippen molar-refractivity contribution in [3.05, 3.63) is 65.0 Å². The molecule has 3 rings (SSSR count). The van der Waals surface area contributed by atoms with Crippen LogP contribution in [0.25, 0.3) is 0 Å². The van der Waals surface area contributed by atoms with E-state index in [1.54, 1.807) is 38.1 Å². The second-order valence-corrected chi connectivity index (χ2v) is 8.74. The van der Waals surface area contributed by atoms with E-state index in [-0.39, 0.29) is 28.2 Å². The Hall–Kier alpha value is -2.25. The van der Waals surface area contributed by atoms with Gasteiger partial charge in [0.05, 0.1) is 10.9 Å². The van der Waals surface area contributed by atoms with Crippen molar-refractivity contribution < 1.29 is 17.6 Å². The van der Waals surface area contributed by atoms with Gasteiger partial charge in [-0.1, -0.05) is 18.2 Å². The summed E-state index contributed by atoms with van der Waals surface area (Å²) < 4.78 is 40.3. The average Bonchev–Trinajstić information content (AvgIpc) is 3.18. The summed E-state index contributed by atoms with van der Waals surface area (Å²) in [5, 5.41) is 2.83. The molecule has 0 aliphatic carbocycles. The molecule has 0 spiro atoms. The zero-order valence-corrected chi connectivity index (χ0v) is 16.2. The Labute approximate surface area is 159 Å². The Kier molecular flexibility index (Phi) is 5.62. The van der Waals surface area contributed by atoms with E-state index >= 15 is 0 Å². The van der Waals surface area contributed by atoms with E-state index < -0.39 is 10.0 Å². The number of halogens is 1. The molecule has 1 saturated heterocycles. The molecule has 1 amide bonds. The summed E-state index contributed by atoms with van der Waals surface area (Å²) >= 11 is 0. The van der Waals surface area contributed by atoms with E-state index in [1.807, 2.05) is 0 Å². The average molecular weight is 390 g/mol. The van der Waals surface area contributed by atoms with Crippen LogP contribution < -0.4 is 5.32 Å². The topological polar surface area (TPSA) is 66.5 Å². The number of aryl methyl sites for hydroxylation is 1. The molecule has 1 N–H and O–H groups in total. The lowest BCUT2D eigenvalue weighted by Gasteiger charge is -2.18. The summed E-state index contributed by atoms with van der Waals surface area (Å²) in [6.07, 6.45) is 1.71. The number of rotatable bonds is 5. The lowest BCUT2D eigenvalue weighted by atomic mass is 10.1. The van der Waals surface area contributed by atoms with Crippen LogP contribution in [0, 0.1) is 12.7 Å². The van der Waals surface area contributed by atoms with Crippen LogP contribution in [0.2, 0.25) is 0 Å². The Morgan fingerprint density at radius 2 is 1.74 bits per heavy atom. The van der Waals surface area contributed by atoms with Gasteiger partial charge in [-0.25, -0.2) is 12.8 Å². The molecule has 1 heterocycles. The van der Waals surface area contributed by atoms with Crippen LogP contribution in [0.1, 0.15) is 47.3 Å². The number of nitrogens with one attached hydrogen (secondary N) is 1. The second kappa shape index (κ2) is 7.78. The van der Waals surface area contributed by atoms with Gasteiger partial charge in [-0.05, 0) is 62.1 Å². The van der Waals surface area contributed by atoms with E-state index in [2.05, 4.69) is 5.32 Å². The van der Waals surface area contributed by atoms with Gasteiger partial charge in [-0.15, -0.1) is 0 Å². The smallest absolute Gasteiger partial charge is 0.251 e. The van der Waals surface area contributed by atoms with E-state index in [1.165, 1.54) is 22.5 Å². The van der Waals surface area contributed by atoms with Crippen LogP contribution in [-0.4, -0.2) is 31.7 Å². The first kappa shape index (κ1) is 19.5. The molecule has 2 aromatic rings. The van der Waals surface area contributed by atoms with Crippen molar-refractivity contribution in [2.45, 2.75) is 37.6 Å². The molecule has 1 aliphatic rings. The first-order valence-electron chi connectivity index (χ1n) is 8.96. The van der Waals surface area contributed by atoms with E-state index in [0.29, 0.717) is 18.7 Å². The van der Waals surface area contributed by atoms with Crippen LogP contribution >= 0.6 is 0 Å². The standard InChI is InChI=1S/C20H23FN2O3S/c1-14-5-6-17(13-19(14)27(25,26)23-11-3-4-12-23)20(24)22-15(2)16-7-9-18(21)10-8-16/h5-10,13,15H,3-4,11-12H2,1-2H3,(H,22,24). The summed E-state index contributed by atoms with van der Waals surface area (Å²) in [4.78, 5) is 12.8. The number of amides is 1. The van der Waals surface area contributed by atoms with Crippen LogP contribution in [-0.2, 0) is 10.0 Å². The zero-order chi connectivity index (χ0) is 19.6.